The van der Waals surface area contributed by atoms with E-state index in [0.29, 0.717) is 12.1 Å². The molecule has 2 atom stereocenters. The van der Waals surface area contributed by atoms with Crippen LogP contribution in [-0.4, -0.2) is 62.0 Å². The molecule has 2 N–H and O–H groups in total. The fraction of sp³-hybridized carbons (Fsp3) is 1.00. The molecule has 1 saturated heterocycles. The molecule has 0 spiro atoms. The van der Waals surface area contributed by atoms with E-state index >= 15 is 0 Å². The molecule has 90 valence electrons. The Bertz CT molecular complexity index is 167. The lowest BCUT2D eigenvalue weighted by Gasteiger charge is -2.31. The van der Waals surface area contributed by atoms with Gasteiger partial charge in [0, 0.05) is 32.3 Å². The smallest absolute Gasteiger partial charge is 0.0826 e. The van der Waals surface area contributed by atoms with Crippen molar-refractivity contribution in [1.82, 2.24) is 10.2 Å². The van der Waals surface area contributed by atoms with Gasteiger partial charge >= 0.3 is 0 Å². The first-order chi connectivity index (χ1) is 7.22. The molecular weight excluding hydrogens is 192 g/mol. The van der Waals surface area contributed by atoms with E-state index in [1.165, 1.54) is 0 Å². The molecule has 2 unspecified atom stereocenters. The van der Waals surface area contributed by atoms with Gasteiger partial charge in [0.2, 0.25) is 0 Å². The number of aliphatic hydroxyl groups excluding tert-OH is 1. The van der Waals surface area contributed by atoms with Crippen LogP contribution in [-0.2, 0) is 4.74 Å². The minimum Gasteiger partial charge on any atom is -0.396 e. The highest BCUT2D eigenvalue weighted by molar-refractivity contribution is 4.73. The Kier molecular flexibility index (Phi) is 6.17. The van der Waals surface area contributed by atoms with Crippen LogP contribution in [0.1, 0.15) is 19.8 Å². The molecule has 0 saturated carbocycles. The lowest BCUT2D eigenvalue weighted by atomic mass is 10.2. The maximum Gasteiger partial charge on any atom is 0.0826 e. The number of rotatable bonds is 6. The van der Waals surface area contributed by atoms with E-state index < -0.39 is 0 Å². The number of ether oxygens (including phenoxy) is 1. The summed E-state index contributed by atoms with van der Waals surface area (Å²) < 4.78 is 5.65. The fourth-order valence-corrected chi connectivity index (χ4v) is 1.82. The highest BCUT2D eigenvalue weighted by atomic mass is 16.5. The van der Waals surface area contributed by atoms with Crippen LogP contribution < -0.4 is 5.32 Å². The second-order valence-electron chi connectivity index (χ2n) is 4.43. The predicted octanol–water partition coefficient (Wildman–Crippen LogP) is 0.0676. The molecule has 1 rings (SSSR count). The topological polar surface area (TPSA) is 44.7 Å². The molecule has 0 aromatic rings. The maximum absolute atomic E-state index is 8.71. The van der Waals surface area contributed by atoms with Gasteiger partial charge in [0.15, 0.2) is 0 Å². The van der Waals surface area contributed by atoms with Gasteiger partial charge in [-0.25, -0.2) is 0 Å². The van der Waals surface area contributed by atoms with Gasteiger partial charge < -0.3 is 20.1 Å². The van der Waals surface area contributed by atoms with Gasteiger partial charge in [-0.3, -0.25) is 0 Å². The zero-order valence-corrected chi connectivity index (χ0v) is 9.91. The van der Waals surface area contributed by atoms with E-state index in [4.69, 9.17) is 9.84 Å². The van der Waals surface area contributed by atoms with E-state index in [-0.39, 0.29) is 6.61 Å². The van der Waals surface area contributed by atoms with Crippen molar-refractivity contribution in [2.24, 2.45) is 0 Å². The first-order valence-electron chi connectivity index (χ1n) is 5.86. The van der Waals surface area contributed by atoms with Crippen molar-refractivity contribution in [2.75, 3.05) is 39.9 Å². The first kappa shape index (κ1) is 12.9. The van der Waals surface area contributed by atoms with E-state index in [1.54, 1.807) is 0 Å². The molecule has 0 aromatic carbocycles. The second kappa shape index (κ2) is 7.17. The fourth-order valence-electron chi connectivity index (χ4n) is 1.82. The van der Waals surface area contributed by atoms with Crippen molar-refractivity contribution in [1.29, 1.82) is 0 Å². The maximum atomic E-state index is 8.71. The standard InChI is InChI=1S/C11H24N2O2/c1-10(4-3-6-14)12-8-11-9-13(2)5-7-15-11/h10-12,14H,3-9H2,1-2H3. The van der Waals surface area contributed by atoms with Crippen molar-refractivity contribution >= 4 is 0 Å². The Hall–Kier alpha value is -0.160. The van der Waals surface area contributed by atoms with Gasteiger partial charge in [0.25, 0.3) is 0 Å². The van der Waals surface area contributed by atoms with E-state index in [0.717, 1.165) is 39.1 Å². The van der Waals surface area contributed by atoms with Gasteiger partial charge in [0.1, 0.15) is 0 Å². The molecule has 1 aliphatic rings. The molecule has 0 amide bonds. The Labute approximate surface area is 92.6 Å². The Morgan fingerprint density at radius 2 is 2.40 bits per heavy atom. The van der Waals surface area contributed by atoms with Crippen molar-refractivity contribution < 1.29 is 9.84 Å². The molecular formula is C11H24N2O2. The number of likely N-dealkylation sites (N-methyl/N-ethyl adjacent to an activating group) is 1. The van der Waals surface area contributed by atoms with E-state index in [2.05, 4.69) is 24.2 Å². The van der Waals surface area contributed by atoms with E-state index in [9.17, 15) is 0 Å². The summed E-state index contributed by atoms with van der Waals surface area (Å²) in [5.41, 5.74) is 0. The number of hydrogen-bond acceptors (Lipinski definition) is 4. The van der Waals surface area contributed by atoms with Crippen LogP contribution in [0.25, 0.3) is 0 Å². The third kappa shape index (κ3) is 5.47. The SMILES string of the molecule is CC(CCCO)NCC1CN(C)CCO1. The molecule has 1 aliphatic heterocycles. The van der Waals surface area contributed by atoms with Crippen LogP contribution in [0, 0.1) is 0 Å². The third-order valence-corrected chi connectivity index (χ3v) is 2.83. The van der Waals surface area contributed by atoms with Gasteiger partial charge in [-0.15, -0.1) is 0 Å². The monoisotopic (exact) mass is 216 g/mol. The summed E-state index contributed by atoms with van der Waals surface area (Å²) in [5.74, 6) is 0. The zero-order valence-electron chi connectivity index (χ0n) is 9.91. The number of nitrogens with zero attached hydrogens (tertiary/aromatic N) is 1. The summed E-state index contributed by atoms with van der Waals surface area (Å²) in [6.45, 7) is 6.25. The average molecular weight is 216 g/mol. The number of aliphatic hydroxyl groups is 1. The van der Waals surface area contributed by atoms with Crippen LogP contribution in [0.15, 0.2) is 0 Å². The Balaban J connectivity index is 2.07. The molecule has 0 aliphatic carbocycles. The average Bonchev–Trinajstić information content (AvgIpc) is 2.23. The van der Waals surface area contributed by atoms with Gasteiger partial charge in [-0.05, 0) is 26.8 Å². The van der Waals surface area contributed by atoms with Crippen LogP contribution in [0.2, 0.25) is 0 Å². The summed E-state index contributed by atoms with van der Waals surface area (Å²) in [4.78, 5) is 2.30. The third-order valence-electron chi connectivity index (χ3n) is 2.83. The molecule has 0 radical (unpaired) electrons. The molecule has 15 heavy (non-hydrogen) atoms. The molecule has 0 aromatic heterocycles. The zero-order chi connectivity index (χ0) is 11.1. The highest BCUT2D eigenvalue weighted by Gasteiger charge is 2.17. The Morgan fingerprint density at radius 1 is 1.60 bits per heavy atom. The quantitative estimate of drug-likeness (QED) is 0.659. The Morgan fingerprint density at radius 3 is 3.07 bits per heavy atom. The molecule has 1 fully saturated rings. The van der Waals surface area contributed by atoms with Crippen LogP contribution >= 0.6 is 0 Å². The van der Waals surface area contributed by atoms with Crippen LogP contribution in [0.3, 0.4) is 0 Å². The summed E-state index contributed by atoms with van der Waals surface area (Å²) in [7, 11) is 2.13. The van der Waals surface area contributed by atoms with Gasteiger partial charge in [-0.2, -0.15) is 0 Å². The van der Waals surface area contributed by atoms with Crippen LogP contribution in [0.4, 0.5) is 0 Å². The number of nitrogens with one attached hydrogen (secondary N) is 1. The second-order valence-corrected chi connectivity index (χ2v) is 4.43. The van der Waals surface area contributed by atoms with Crippen molar-refractivity contribution in [3.05, 3.63) is 0 Å². The summed E-state index contributed by atoms with van der Waals surface area (Å²) >= 11 is 0. The summed E-state index contributed by atoms with van der Waals surface area (Å²) in [5, 5.41) is 12.2. The molecule has 0 bridgehead atoms. The minimum atomic E-state index is 0.286. The van der Waals surface area contributed by atoms with Crippen molar-refractivity contribution in [2.45, 2.75) is 31.9 Å². The van der Waals surface area contributed by atoms with Crippen LogP contribution in [0.5, 0.6) is 0 Å². The molecule has 4 nitrogen and oxygen atoms in total. The van der Waals surface area contributed by atoms with Gasteiger partial charge in [0.05, 0.1) is 12.7 Å². The minimum absolute atomic E-state index is 0.286. The first-order valence-corrected chi connectivity index (χ1v) is 5.86. The largest absolute Gasteiger partial charge is 0.396 e. The van der Waals surface area contributed by atoms with Crippen molar-refractivity contribution in [3.8, 4) is 0 Å². The lowest BCUT2D eigenvalue weighted by molar-refractivity contribution is -0.0192. The van der Waals surface area contributed by atoms with Gasteiger partial charge in [-0.1, -0.05) is 0 Å². The van der Waals surface area contributed by atoms with E-state index in [1.807, 2.05) is 0 Å². The molecule has 1 heterocycles. The summed E-state index contributed by atoms with van der Waals surface area (Å²) in [6.07, 6.45) is 2.22. The lowest BCUT2D eigenvalue weighted by Crippen LogP contribution is -2.46. The normalized spacial score (nSPS) is 25.4. The highest BCUT2D eigenvalue weighted by Crippen LogP contribution is 2.03. The predicted molar refractivity (Wildman–Crippen MR) is 61.0 cm³/mol. The molecule has 4 heteroatoms. The number of hydrogen-bond donors (Lipinski definition) is 2. The van der Waals surface area contributed by atoms with Crippen molar-refractivity contribution in [3.63, 3.8) is 0 Å². The number of morpholine rings is 1. The summed E-state index contributed by atoms with van der Waals surface area (Å²) in [6, 6.07) is 0.466.